The highest BCUT2D eigenvalue weighted by molar-refractivity contribution is 7.07. The van der Waals surface area contributed by atoms with Crippen LogP contribution in [0.15, 0.2) is 23.0 Å². The molecule has 0 saturated carbocycles. The molecule has 94 valence electrons. The Hall–Kier alpha value is -1.17. The van der Waals surface area contributed by atoms with E-state index < -0.39 is 0 Å². The molecule has 0 spiro atoms. The van der Waals surface area contributed by atoms with E-state index in [1.54, 1.807) is 5.51 Å². The fraction of sp³-hybridized carbons (Fsp3) is 0.182. The van der Waals surface area contributed by atoms with Crippen LogP contribution in [0.25, 0.3) is 0 Å². The van der Waals surface area contributed by atoms with Crippen LogP contribution in [-0.4, -0.2) is 22.4 Å². The van der Waals surface area contributed by atoms with Crippen molar-refractivity contribution < 1.29 is 4.79 Å². The molecule has 0 aromatic carbocycles. The highest BCUT2D eigenvalue weighted by atomic mass is 35.5. The monoisotopic (exact) mass is 301 g/mol. The van der Waals surface area contributed by atoms with Crippen molar-refractivity contribution in [3.05, 3.63) is 44.6 Å². The average Bonchev–Trinajstić information content (AvgIpc) is 2.80. The van der Waals surface area contributed by atoms with Gasteiger partial charge in [0.2, 0.25) is 0 Å². The van der Waals surface area contributed by atoms with E-state index in [0.29, 0.717) is 18.5 Å². The number of amides is 1. The molecule has 2 aromatic heterocycles. The standard InChI is InChI=1S/C11H9Cl2N3OS/c12-9-3-7(4-10(13)16-9)11(17)14-2-1-8-5-18-6-15-8/h3-6H,1-2H2,(H,14,17). The number of hydrogen-bond donors (Lipinski definition) is 1. The normalized spacial score (nSPS) is 10.3. The van der Waals surface area contributed by atoms with Gasteiger partial charge in [0.15, 0.2) is 0 Å². The van der Waals surface area contributed by atoms with Crippen molar-refractivity contribution in [1.82, 2.24) is 15.3 Å². The number of pyridine rings is 1. The van der Waals surface area contributed by atoms with Crippen molar-refractivity contribution in [2.24, 2.45) is 0 Å². The van der Waals surface area contributed by atoms with Gasteiger partial charge in [-0.15, -0.1) is 11.3 Å². The number of nitrogens with one attached hydrogen (secondary N) is 1. The van der Waals surface area contributed by atoms with Crippen molar-refractivity contribution in [3.63, 3.8) is 0 Å². The van der Waals surface area contributed by atoms with Crippen LogP contribution in [0.3, 0.4) is 0 Å². The molecule has 18 heavy (non-hydrogen) atoms. The maximum Gasteiger partial charge on any atom is 0.251 e. The van der Waals surface area contributed by atoms with Gasteiger partial charge in [0.25, 0.3) is 5.91 Å². The largest absolute Gasteiger partial charge is 0.352 e. The van der Waals surface area contributed by atoms with Gasteiger partial charge in [0, 0.05) is 23.9 Å². The minimum absolute atomic E-state index is 0.201. The molecule has 2 aromatic rings. The molecule has 0 unspecified atom stereocenters. The van der Waals surface area contributed by atoms with Gasteiger partial charge in [-0.2, -0.15) is 0 Å². The summed E-state index contributed by atoms with van der Waals surface area (Å²) in [5, 5.41) is 5.13. The lowest BCUT2D eigenvalue weighted by Crippen LogP contribution is -2.25. The number of halogens is 2. The number of nitrogens with zero attached hydrogens (tertiary/aromatic N) is 2. The number of carbonyl (C=O) groups is 1. The van der Waals surface area contributed by atoms with Crippen molar-refractivity contribution in [1.29, 1.82) is 0 Å². The number of hydrogen-bond acceptors (Lipinski definition) is 4. The van der Waals surface area contributed by atoms with Gasteiger partial charge in [-0.1, -0.05) is 23.2 Å². The van der Waals surface area contributed by atoms with Gasteiger partial charge < -0.3 is 5.32 Å². The zero-order chi connectivity index (χ0) is 13.0. The predicted octanol–water partition coefficient (Wildman–Crippen LogP) is 2.82. The van der Waals surface area contributed by atoms with Crippen molar-refractivity contribution in [2.45, 2.75) is 6.42 Å². The van der Waals surface area contributed by atoms with Gasteiger partial charge >= 0.3 is 0 Å². The minimum Gasteiger partial charge on any atom is -0.352 e. The molecule has 2 rings (SSSR count). The van der Waals surface area contributed by atoms with Gasteiger partial charge in [-0.25, -0.2) is 9.97 Å². The van der Waals surface area contributed by atoms with E-state index in [9.17, 15) is 4.79 Å². The maximum atomic E-state index is 11.8. The Morgan fingerprint density at radius 3 is 2.67 bits per heavy atom. The summed E-state index contributed by atoms with van der Waals surface area (Å²) in [5.41, 5.74) is 3.13. The van der Waals surface area contributed by atoms with Crippen LogP contribution >= 0.6 is 34.5 Å². The molecule has 0 aliphatic heterocycles. The van der Waals surface area contributed by atoms with E-state index in [1.165, 1.54) is 23.5 Å². The van der Waals surface area contributed by atoms with Gasteiger partial charge in [0.05, 0.1) is 11.2 Å². The fourth-order valence-electron chi connectivity index (χ4n) is 1.36. The number of aromatic nitrogens is 2. The molecule has 7 heteroatoms. The second-order valence-corrected chi connectivity index (χ2v) is 4.98. The van der Waals surface area contributed by atoms with E-state index in [1.807, 2.05) is 5.38 Å². The molecule has 0 bridgehead atoms. The zero-order valence-electron chi connectivity index (χ0n) is 9.19. The summed E-state index contributed by atoms with van der Waals surface area (Å²) in [6.45, 7) is 0.514. The van der Waals surface area contributed by atoms with Crippen LogP contribution in [0.2, 0.25) is 10.3 Å². The lowest BCUT2D eigenvalue weighted by molar-refractivity contribution is 0.0954. The molecule has 0 saturated heterocycles. The Morgan fingerprint density at radius 2 is 2.06 bits per heavy atom. The molecule has 0 aliphatic rings. The summed E-state index contributed by atoms with van der Waals surface area (Å²) < 4.78 is 0. The van der Waals surface area contributed by atoms with Crippen molar-refractivity contribution in [2.75, 3.05) is 6.54 Å². The van der Waals surface area contributed by atoms with Crippen LogP contribution in [0.1, 0.15) is 16.1 Å². The topological polar surface area (TPSA) is 54.9 Å². The third-order valence-electron chi connectivity index (χ3n) is 2.18. The van der Waals surface area contributed by atoms with E-state index >= 15 is 0 Å². The van der Waals surface area contributed by atoms with Gasteiger partial charge in [-0.05, 0) is 12.1 Å². The highest BCUT2D eigenvalue weighted by Crippen LogP contribution is 2.14. The van der Waals surface area contributed by atoms with Crippen LogP contribution in [-0.2, 0) is 6.42 Å². The first-order valence-electron chi connectivity index (χ1n) is 5.13. The number of carbonyl (C=O) groups excluding carboxylic acids is 1. The lowest BCUT2D eigenvalue weighted by Gasteiger charge is -2.04. The summed E-state index contributed by atoms with van der Waals surface area (Å²) in [4.78, 5) is 19.7. The van der Waals surface area contributed by atoms with E-state index in [-0.39, 0.29) is 16.2 Å². The molecule has 0 atom stereocenters. The summed E-state index contributed by atoms with van der Waals surface area (Å²) >= 11 is 13.0. The smallest absolute Gasteiger partial charge is 0.251 e. The molecule has 1 N–H and O–H groups in total. The molecule has 4 nitrogen and oxygen atoms in total. The van der Waals surface area contributed by atoms with Crippen LogP contribution in [0, 0.1) is 0 Å². The SMILES string of the molecule is O=C(NCCc1cscn1)c1cc(Cl)nc(Cl)c1. The van der Waals surface area contributed by atoms with E-state index in [2.05, 4.69) is 15.3 Å². The summed E-state index contributed by atoms with van der Waals surface area (Å²) in [6, 6.07) is 2.96. The minimum atomic E-state index is -0.226. The van der Waals surface area contributed by atoms with E-state index in [4.69, 9.17) is 23.2 Å². The first kappa shape index (κ1) is 13.3. The quantitative estimate of drug-likeness (QED) is 0.884. The third kappa shape index (κ3) is 3.66. The van der Waals surface area contributed by atoms with Crippen LogP contribution < -0.4 is 5.32 Å². The maximum absolute atomic E-state index is 11.8. The Labute approximate surface area is 118 Å². The second-order valence-electron chi connectivity index (χ2n) is 3.49. The Bertz CT molecular complexity index is 525. The second kappa shape index (κ2) is 6.13. The average molecular weight is 302 g/mol. The molecule has 1 amide bonds. The predicted molar refractivity (Wildman–Crippen MR) is 72.4 cm³/mol. The molecule has 0 aliphatic carbocycles. The van der Waals surface area contributed by atoms with Crippen molar-refractivity contribution >= 4 is 40.4 Å². The number of rotatable bonds is 4. The third-order valence-corrected chi connectivity index (χ3v) is 3.20. The molecular formula is C11H9Cl2N3OS. The lowest BCUT2D eigenvalue weighted by atomic mass is 10.2. The Morgan fingerprint density at radius 1 is 1.33 bits per heavy atom. The Kier molecular flexibility index (Phi) is 4.52. The molecule has 0 radical (unpaired) electrons. The molecule has 2 heterocycles. The first-order chi connectivity index (χ1) is 8.65. The Balaban J connectivity index is 1.91. The summed E-state index contributed by atoms with van der Waals surface area (Å²) in [7, 11) is 0. The van der Waals surface area contributed by atoms with Crippen LogP contribution in [0.4, 0.5) is 0 Å². The molecule has 0 fully saturated rings. The van der Waals surface area contributed by atoms with E-state index in [0.717, 1.165) is 5.69 Å². The van der Waals surface area contributed by atoms with Gasteiger partial charge in [-0.3, -0.25) is 4.79 Å². The molecular weight excluding hydrogens is 293 g/mol. The summed E-state index contributed by atoms with van der Waals surface area (Å²) in [5.74, 6) is -0.226. The van der Waals surface area contributed by atoms with Crippen molar-refractivity contribution in [3.8, 4) is 0 Å². The zero-order valence-corrected chi connectivity index (χ0v) is 11.5. The number of thiazole rings is 1. The fourth-order valence-corrected chi connectivity index (χ4v) is 2.42. The van der Waals surface area contributed by atoms with Gasteiger partial charge in [0.1, 0.15) is 10.3 Å². The van der Waals surface area contributed by atoms with Crippen LogP contribution in [0.5, 0.6) is 0 Å². The highest BCUT2D eigenvalue weighted by Gasteiger charge is 2.08. The first-order valence-corrected chi connectivity index (χ1v) is 6.83. The summed E-state index contributed by atoms with van der Waals surface area (Å²) in [6.07, 6.45) is 0.696.